The summed E-state index contributed by atoms with van der Waals surface area (Å²) in [7, 11) is 0. The van der Waals surface area contributed by atoms with E-state index in [0.717, 1.165) is 49.5 Å². The first-order valence-corrected chi connectivity index (χ1v) is 18.0. The number of aliphatic hydroxyl groups is 1. The topological polar surface area (TPSA) is 164 Å². The molecule has 2 aromatic carbocycles. The van der Waals surface area contributed by atoms with Crippen LogP contribution in [-0.4, -0.2) is 58.5 Å². The van der Waals surface area contributed by atoms with Gasteiger partial charge in [-0.1, -0.05) is 93.6 Å². The first kappa shape index (κ1) is 36.0. The van der Waals surface area contributed by atoms with E-state index in [-0.39, 0.29) is 23.4 Å². The molecule has 2 aliphatic rings. The van der Waals surface area contributed by atoms with Gasteiger partial charge in [0.1, 0.15) is 11.7 Å². The van der Waals surface area contributed by atoms with Crippen LogP contribution in [-0.2, 0) is 20.8 Å². The van der Waals surface area contributed by atoms with Crippen LogP contribution in [0.5, 0.6) is 0 Å². The number of nitrogens with two attached hydrogens (primary N) is 1. The predicted molar refractivity (Wildman–Crippen MR) is 189 cm³/mol. The number of rotatable bonds is 15. The Hall–Kier alpha value is -4.31. The van der Waals surface area contributed by atoms with Crippen molar-refractivity contribution in [2.75, 3.05) is 6.54 Å². The number of amides is 4. The molecule has 6 N–H and O–H groups in total. The van der Waals surface area contributed by atoms with E-state index in [0.29, 0.717) is 36.7 Å². The highest BCUT2D eigenvalue weighted by molar-refractivity contribution is 5.99. The van der Waals surface area contributed by atoms with E-state index in [1.54, 1.807) is 18.2 Å². The van der Waals surface area contributed by atoms with E-state index in [4.69, 9.17) is 5.73 Å². The molecule has 1 aromatic heterocycles. The molecule has 2 aliphatic carbocycles. The minimum absolute atomic E-state index is 0.0359. The smallest absolute Gasteiger partial charge is 0.270 e. The lowest BCUT2D eigenvalue weighted by atomic mass is 9.62. The Labute approximate surface area is 289 Å². The van der Waals surface area contributed by atoms with Gasteiger partial charge in [-0.3, -0.25) is 19.2 Å². The Balaban J connectivity index is 1.34. The molecular weight excluding hydrogens is 618 g/mol. The van der Waals surface area contributed by atoms with Crippen LogP contribution < -0.4 is 21.7 Å². The summed E-state index contributed by atoms with van der Waals surface area (Å²) in [6.45, 7) is 2.74. The highest BCUT2D eigenvalue weighted by Gasteiger charge is 2.42. The van der Waals surface area contributed by atoms with Gasteiger partial charge in [0.15, 0.2) is 0 Å². The number of unbranched alkanes of at least 4 members (excludes halogenated alkanes) is 1. The van der Waals surface area contributed by atoms with E-state index < -0.39 is 42.3 Å². The normalized spacial score (nSPS) is 22.2. The largest absolute Gasteiger partial charge is 0.391 e. The molecule has 1 unspecified atom stereocenters. The van der Waals surface area contributed by atoms with Crippen molar-refractivity contribution in [3.63, 3.8) is 0 Å². The quantitative estimate of drug-likeness (QED) is 0.150. The van der Waals surface area contributed by atoms with Crippen molar-refractivity contribution in [2.24, 2.45) is 29.4 Å². The highest BCUT2D eigenvalue weighted by Crippen LogP contribution is 2.47. The van der Waals surface area contributed by atoms with Crippen molar-refractivity contribution in [2.45, 2.75) is 95.7 Å². The van der Waals surface area contributed by atoms with E-state index in [1.807, 2.05) is 48.5 Å². The number of carbonyl (C=O) groups excluding carboxylic acids is 4. The molecule has 3 aromatic rings. The number of primary amides is 1. The summed E-state index contributed by atoms with van der Waals surface area (Å²) >= 11 is 0. The van der Waals surface area contributed by atoms with Gasteiger partial charge in [-0.25, -0.2) is 4.98 Å². The fraction of sp³-hybridized carbons (Fsp3) is 0.513. The SMILES string of the molecule is CCCCNC(=O)[C@@H]1C[C@@H]2CCCC[C@@H]2CC1C[C@H](O)[C@@H](Cc1ccccc1)NC(=O)[C@H](CC(N)=O)NC(=O)c1ccc2ccccc2n1. The fourth-order valence-electron chi connectivity index (χ4n) is 7.82. The van der Waals surface area contributed by atoms with E-state index >= 15 is 0 Å². The van der Waals surface area contributed by atoms with Gasteiger partial charge >= 0.3 is 0 Å². The molecule has 4 amide bonds. The second-order valence-electron chi connectivity index (χ2n) is 14.0. The number of carbonyl (C=O) groups is 4. The number of hydrogen-bond acceptors (Lipinski definition) is 6. The molecule has 1 heterocycles. The standard InChI is InChI=1S/C39H51N5O5/c1-2-3-19-41-37(47)30-22-28-15-8-7-14-27(28)21-29(30)23-35(45)33(20-25-11-5-4-6-12-25)43-39(49)34(24-36(40)46)44-38(48)32-18-17-26-13-9-10-16-31(26)42-32/h4-6,9-13,16-18,27-30,33-35,45H,2-3,7-8,14-15,19-24H2,1H3,(H2,40,46)(H,41,47)(H,43,49)(H,44,48)/t27-,28+,29?,30-,33-,34+,35+/m1/s1. The molecular formula is C39H51N5O5. The number of nitrogens with one attached hydrogen (secondary N) is 3. The number of fused-ring (bicyclic) bond motifs is 2. The number of aromatic nitrogens is 1. The average molecular weight is 670 g/mol. The Bertz CT molecular complexity index is 1580. The van der Waals surface area contributed by atoms with Crippen molar-refractivity contribution in [3.05, 3.63) is 78.0 Å². The molecule has 7 atom stereocenters. The van der Waals surface area contributed by atoms with Gasteiger partial charge in [-0.05, 0) is 67.6 Å². The number of nitrogens with zero attached hydrogens (tertiary/aromatic N) is 1. The summed E-state index contributed by atoms with van der Waals surface area (Å²) in [6, 6.07) is 18.2. The molecule has 0 radical (unpaired) electrons. The molecule has 0 aliphatic heterocycles. The van der Waals surface area contributed by atoms with Crippen LogP contribution in [0.1, 0.15) is 87.2 Å². The van der Waals surface area contributed by atoms with Gasteiger partial charge in [-0.2, -0.15) is 0 Å². The van der Waals surface area contributed by atoms with Crippen molar-refractivity contribution in [1.82, 2.24) is 20.9 Å². The molecule has 49 heavy (non-hydrogen) atoms. The third-order valence-electron chi connectivity index (χ3n) is 10.5. The van der Waals surface area contributed by atoms with Crippen LogP contribution in [0.2, 0.25) is 0 Å². The molecule has 5 rings (SSSR count). The zero-order valence-corrected chi connectivity index (χ0v) is 28.5. The number of pyridine rings is 1. The minimum atomic E-state index is -1.28. The summed E-state index contributed by atoms with van der Waals surface area (Å²) in [6.07, 6.45) is 7.56. The lowest BCUT2D eigenvalue weighted by molar-refractivity contribution is -0.131. The average Bonchev–Trinajstić information content (AvgIpc) is 3.10. The van der Waals surface area contributed by atoms with E-state index in [1.165, 1.54) is 12.8 Å². The number of benzene rings is 2. The van der Waals surface area contributed by atoms with Gasteiger partial charge in [0, 0.05) is 17.8 Å². The first-order chi connectivity index (χ1) is 23.7. The number of hydrogen-bond donors (Lipinski definition) is 5. The van der Waals surface area contributed by atoms with Gasteiger partial charge < -0.3 is 26.8 Å². The van der Waals surface area contributed by atoms with Gasteiger partial charge in [0.2, 0.25) is 17.7 Å². The summed E-state index contributed by atoms with van der Waals surface area (Å²) in [4.78, 5) is 57.1. The molecule has 262 valence electrons. The molecule has 2 fully saturated rings. The van der Waals surface area contributed by atoms with Gasteiger partial charge in [-0.15, -0.1) is 0 Å². The Morgan fingerprint density at radius 3 is 2.37 bits per heavy atom. The molecule has 10 nitrogen and oxygen atoms in total. The summed E-state index contributed by atoms with van der Waals surface area (Å²) < 4.78 is 0. The van der Waals surface area contributed by atoms with Crippen LogP contribution in [0.3, 0.4) is 0 Å². The highest BCUT2D eigenvalue weighted by atomic mass is 16.3. The third kappa shape index (κ3) is 9.88. The Morgan fingerprint density at radius 1 is 0.918 bits per heavy atom. The van der Waals surface area contributed by atoms with Gasteiger partial charge in [0.25, 0.3) is 5.91 Å². The van der Waals surface area contributed by atoms with E-state index in [9.17, 15) is 24.3 Å². The van der Waals surface area contributed by atoms with Crippen LogP contribution in [0.4, 0.5) is 0 Å². The first-order valence-electron chi connectivity index (χ1n) is 18.0. The monoisotopic (exact) mass is 669 g/mol. The molecule has 0 spiro atoms. The molecule has 0 bridgehead atoms. The zero-order valence-electron chi connectivity index (χ0n) is 28.5. The summed E-state index contributed by atoms with van der Waals surface area (Å²) in [5.41, 5.74) is 7.16. The summed E-state index contributed by atoms with van der Waals surface area (Å²) in [5.74, 6) is -1.11. The minimum Gasteiger partial charge on any atom is -0.391 e. The van der Waals surface area contributed by atoms with Crippen LogP contribution in [0, 0.1) is 23.7 Å². The van der Waals surface area contributed by atoms with Crippen molar-refractivity contribution in [3.8, 4) is 0 Å². The second-order valence-corrected chi connectivity index (χ2v) is 14.0. The molecule has 10 heteroatoms. The number of aliphatic hydroxyl groups excluding tert-OH is 1. The van der Waals surface area contributed by atoms with E-state index in [2.05, 4.69) is 27.9 Å². The van der Waals surface area contributed by atoms with Crippen LogP contribution in [0.15, 0.2) is 66.7 Å². The van der Waals surface area contributed by atoms with Crippen molar-refractivity contribution >= 4 is 34.5 Å². The maximum absolute atomic E-state index is 13.8. The van der Waals surface area contributed by atoms with Crippen molar-refractivity contribution < 1.29 is 24.3 Å². The maximum Gasteiger partial charge on any atom is 0.270 e. The zero-order chi connectivity index (χ0) is 34.8. The predicted octanol–water partition coefficient (Wildman–Crippen LogP) is 4.44. The second kappa shape index (κ2) is 17.4. The lowest BCUT2D eigenvalue weighted by Gasteiger charge is -2.44. The maximum atomic E-state index is 13.8. The van der Waals surface area contributed by atoms with Gasteiger partial charge in [0.05, 0.1) is 24.1 Å². The Morgan fingerprint density at radius 2 is 1.63 bits per heavy atom. The van der Waals surface area contributed by atoms with Crippen LogP contribution in [0.25, 0.3) is 10.9 Å². The summed E-state index contributed by atoms with van der Waals surface area (Å²) in [5, 5.41) is 21.5. The fourth-order valence-corrected chi connectivity index (χ4v) is 7.82. The third-order valence-corrected chi connectivity index (χ3v) is 10.5. The molecule has 0 saturated heterocycles. The Kier molecular flexibility index (Phi) is 12.8. The number of para-hydroxylation sites is 1. The lowest BCUT2D eigenvalue weighted by Crippen LogP contribution is -2.55. The molecule has 2 saturated carbocycles. The van der Waals surface area contributed by atoms with Crippen molar-refractivity contribution in [1.29, 1.82) is 0 Å². The van der Waals surface area contributed by atoms with Crippen LogP contribution >= 0.6 is 0 Å².